The van der Waals surface area contributed by atoms with Crippen molar-refractivity contribution >= 4 is 16.6 Å². The van der Waals surface area contributed by atoms with Gasteiger partial charge in [0.15, 0.2) is 11.5 Å². The predicted octanol–water partition coefficient (Wildman–Crippen LogP) is 3.35. The SMILES string of the molecule is CCc1nn(C2CC2)cc1-c1nc2c3cccc(C(F)(F)F)c3[nH]c(=O)n2n1. The summed E-state index contributed by atoms with van der Waals surface area (Å²) in [6.45, 7) is 1.96. The molecular formula is C18H15F3N6O. The Bertz CT molecular complexity index is 1280. The summed E-state index contributed by atoms with van der Waals surface area (Å²) < 4.78 is 42.9. The quantitative estimate of drug-likeness (QED) is 0.584. The van der Waals surface area contributed by atoms with Gasteiger partial charge in [0.2, 0.25) is 0 Å². The number of nitrogens with zero attached hydrogens (tertiary/aromatic N) is 5. The molecule has 0 spiro atoms. The highest BCUT2D eigenvalue weighted by Gasteiger charge is 2.34. The maximum absolute atomic E-state index is 13.3. The van der Waals surface area contributed by atoms with Crippen molar-refractivity contribution in [1.82, 2.24) is 29.4 Å². The summed E-state index contributed by atoms with van der Waals surface area (Å²) in [5.41, 5.74) is -0.412. The minimum absolute atomic E-state index is 0.0843. The number of aryl methyl sites for hydroxylation is 1. The molecule has 0 amide bonds. The van der Waals surface area contributed by atoms with E-state index in [0.29, 0.717) is 18.0 Å². The zero-order valence-corrected chi connectivity index (χ0v) is 14.8. The van der Waals surface area contributed by atoms with E-state index in [1.165, 1.54) is 12.1 Å². The predicted molar refractivity (Wildman–Crippen MR) is 95.0 cm³/mol. The molecule has 7 nitrogen and oxygen atoms in total. The average Bonchev–Trinajstić information content (AvgIpc) is 3.25. The van der Waals surface area contributed by atoms with E-state index in [9.17, 15) is 18.0 Å². The maximum atomic E-state index is 13.3. The van der Waals surface area contributed by atoms with Gasteiger partial charge < -0.3 is 4.98 Å². The van der Waals surface area contributed by atoms with E-state index >= 15 is 0 Å². The second-order valence-corrected chi connectivity index (χ2v) is 6.88. The monoisotopic (exact) mass is 388 g/mol. The summed E-state index contributed by atoms with van der Waals surface area (Å²) in [7, 11) is 0. The van der Waals surface area contributed by atoms with Crippen molar-refractivity contribution < 1.29 is 13.2 Å². The number of halogens is 3. The van der Waals surface area contributed by atoms with Gasteiger partial charge in [-0.2, -0.15) is 22.8 Å². The summed E-state index contributed by atoms with van der Waals surface area (Å²) in [5, 5.41) is 9.00. The summed E-state index contributed by atoms with van der Waals surface area (Å²) in [6, 6.07) is 4.08. The Morgan fingerprint density at radius 3 is 2.71 bits per heavy atom. The minimum Gasteiger partial charge on any atom is -0.305 e. The van der Waals surface area contributed by atoms with Crippen LogP contribution in [-0.4, -0.2) is 29.4 Å². The number of para-hydroxylation sites is 1. The lowest BCUT2D eigenvalue weighted by atomic mass is 10.1. The first-order chi connectivity index (χ1) is 13.4. The number of alkyl halides is 3. The molecule has 0 saturated heterocycles. The Hall–Kier alpha value is -3.17. The first-order valence-corrected chi connectivity index (χ1v) is 8.94. The number of aromatic amines is 1. The highest BCUT2D eigenvalue weighted by molar-refractivity contribution is 5.93. The first kappa shape index (κ1) is 17.0. The molecule has 0 radical (unpaired) electrons. The van der Waals surface area contributed by atoms with Gasteiger partial charge in [0, 0.05) is 11.6 Å². The molecule has 5 rings (SSSR count). The zero-order chi connectivity index (χ0) is 19.6. The lowest BCUT2D eigenvalue weighted by Crippen LogP contribution is -2.19. The number of hydrogen-bond donors (Lipinski definition) is 1. The molecule has 1 aliphatic rings. The molecule has 0 unspecified atom stereocenters. The van der Waals surface area contributed by atoms with Crippen molar-refractivity contribution in [3.63, 3.8) is 0 Å². The Balaban J connectivity index is 1.77. The van der Waals surface area contributed by atoms with Gasteiger partial charge in [-0.25, -0.2) is 9.78 Å². The molecule has 3 heterocycles. The highest BCUT2D eigenvalue weighted by atomic mass is 19.4. The number of aromatic nitrogens is 6. The van der Waals surface area contributed by atoms with E-state index < -0.39 is 17.4 Å². The Morgan fingerprint density at radius 1 is 1.25 bits per heavy atom. The molecule has 0 bridgehead atoms. The van der Waals surface area contributed by atoms with Gasteiger partial charge in [0.05, 0.1) is 28.4 Å². The van der Waals surface area contributed by atoms with Crippen LogP contribution in [0.2, 0.25) is 0 Å². The van der Waals surface area contributed by atoms with E-state index in [-0.39, 0.29) is 22.4 Å². The fraction of sp³-hybridized carbons (Fsp3) is 0.333. The topological polar surface area (TPSA) is 80.9 Å². The molecular weight excluding hydrogens is 373 g/mol. The molecule has 28 heavy (non-hydrogen) atoms. The van der Waals surface area contributed by atoms with Crippen LogP contribution in [0.5, 0.6) is 0 Å². The Labute approximate surface area is 155 Å². The first-order valence-electron chi connectivity index (χ1n) is 8.94. The lowest BCUT2D eigenvalue weighted by molar-refractivity contribution is -0.136. The van der Waals surface area contributed by atoms with E-state index in [2.05, 4.69) is 20.2 Å². The number of nitrogens with one attached hydrogen (secondary N) is 1. The van der Waals surface area contributed by atoms with Crippen molar-refractivity contribution in [2.45, 2.75) is 38.4 Å². The number of benzene rings is 1. The molecule has 4 aromatic rings. The van der Waals surface area contributed by atoms with Crippen molar-refractivity contribution in [1.29, 1.82) is 0 Å². The normalized spacial score (nSPS) is 15.0. The molecule has 10 heteroatoms. The average molecular weight is 388 g/mol. The number of hydrogen-bond acceptors (Lipinski definition) is 4. The number of fused-ring (bicyclic) bond motifs is 3. The van der Waals surface area contributed by atoms with Crippen LogP contribution in [-0.2, 0) is 12.6 Å². The van der Waals surface area contributed by atoms with Crippen LogP contribution in [0.4, 0.5) is 13.2 Å². The number of rotatable bonds is 3. The van der Waals surface area contributed by atoms with Gasteiger partial charge in [-0.05, 0) is 31.4 Å². The van der Waals surface area contributed by atoms with Crippen LogP contribution < -0.4 is 5.69 Å². The van der Waals surface area contributed by atoms with Crippen LogP contribution in [0.25, 0.3) is 27.9 Å². The van der Waals surface area contributed by atoms with Gasteiger partial charge >= 0.3 is 11.9 Å². The zero-order valence-electron chi connectivity index (χ0n) is 14.8. The molecule has 1 saturated carbocycles. The minimum atomic E-state index is -4.59. The third-order valence-corrected chi connectivity index (χ3v) is 4.95. The van der Waals surface area contributed by atoms with Gasteiger partial charge in [-0.15, -0.1) is 5.10 Å². The maximum Gasteiger partial charge on any atom is 0.418 e. The fourth-order valence-electron chi connectivity index (χ4n) is 3.41. The third-order valence-electron chi connectivity index (χ3n) is 4.95. The smallest absolute Gasteiger partial charge is 0.305 e. The van der Waals surface area contributed by atoms with E-state index in [4.69, 9.17) is 0 Å². The van der Waals surface area contributed by atoms with Gasteiger partial charge in [-0.1, -0.05) is 13.0 Å². The van der Waals surface area contributed by atoms with Crippen molar-refractivity contribution in [2.75, 3.05) is 0 Å². The van der Waals surface area contributed by atoms with Gasteiger partial charge in [0.1, 0.15) is 0 Å². The molecule has 1 fully saturated rings. The standard InChI is InChI=1S/C18H15F3N6O/c1-2-13-11(8-26(24-13)9-6-7-9)15-23-16-10-4-3-5-12(18(19,20)21)14(10)22-17(28)27(16)25-15/h3-5,8-9H,2,6-7H2,1H3,(H,22,28). The van der Waals surface area contributed by atoms with Crippen LogP contribution in [0.3, 0.4) is 0 Å². The molecule has 0 aliphatic heterocycles. The van der Waals surface area contributed by atoms with E-state index in [0.717, 1.165) is 29.1 Å². The second kappa shape index (κ2) is 5.66. The van der Waals surface area contributed by atoms with Gasteiger partial charge in [0.25, 0.3) is 0 Å². The number of H-pyrrole nitrogens is 1. The van der Waals surface area contributed by atoms with Crippen LogP contribution >= 0.6 is 0 Å². The third kappa shape index (κ3) is 2.51. The Morgan fingerprint density at radius 2 is 2.04 bits per heavy atom. The summed E-state index contributed by atoms with van der Waals surface area (Å²) in [5.74, 6) is 0.277. The van der Waals surface area contributed by atoms with Crippen LogP contribution in [0, 0.1) is 0 Å². The van der Waals surface area contributed by atoms with Crippen molar-refractivity contribution in [3.05, 3.63) is 46.1 Å². The second-order valence-electron chi connectivity index (χ2n) is 6.88. The van der Waals surface area contributed by atoms with Crippen LogP contribution in [0.1, 0.15) is 37.1 Å². The Kier molecular flexibility index (Phi) is 3.43. The van der Waals surface area contributed by atoms with Gasteiger partial charge in [-0.3, -0.25) is 4.68 Å². The van der Waals surface area contributed by atoms with Crippen molar-refractivity contribution in [3.8, 4) is 11.4 Å². The molecule has 144 valence electrons. The molecule has 1 aliphatic carbocycles. The largest absolute Gasteiger partial charge is 0.418 e. The summed E-state index contributed by atoms with van der Waals surface area (Å²) in [4.78, 5) is 19.1. The summed E-state index contributed by atoms with van der Waals surface area (Å²) >= 11 is 0. The van der Waals surface area contributed by atoms with Crippen LogP contribution in [0.15, 0.2) is 29.2 Å². The van der Waals surface area contributed by atoms with E-state index in [1.54, 1.807) is 0 Å². The molecule has 0 atom stereocenters. The molecule has 1 N–H and O–H groups in total. The van der Waals surface area contributed by atoms with Crippen molar-refractivity contribution in [2.24, 2.45) is 0 Å². The molecule has 3 aromatic heterocycles. The molecule has 1 aromatic carbocycles. The summed E-state index contributed by atoms with van der Waals surface area (Å²) in [6.07, 6.45) is 0.0357. The fourth-order valence-corrected chi connectivity index (χ4v) is 3.41. The lowest BCUT2D eigenvalue weighted by Gasteiger charge is -2.09. The highest BCUT2D eigenvalue weighted by Crippen LogP contribution is 2.37. The van der Waals surface area contributed by atoms with E-state index in [1.807, 2.05) is 17.8 Å².